The molecule has 1 aliphatic heterocycles. The summed E-state index contributed by atoms with van der Waals surface area (Å²) in [6, 6.07) is 13.9. The summed E-state index contributed by atoms with van der Waals surface area (Å²) in [5.41, 5.74) is 1.74. The topological polar surface area (TPSA) is 84.9 Å². The van der Waals surface area contributed by atoms with E-state index >= 15 is 0 Å². The molecular formula is C20H17BrN2O5. The van der Waals surface area contributed by atoms with E-state index in [4.69, 9.17) is 4.74 Å². The van der Waals surface area contributed by atoms with Crippen molar-refractivity contribution < 1.29 is 23.9 Å². The summed E-state index contributed by atoms with van der Waals surface area (Å²) in [6.07, 6.45) is 1.58. The molecule has 7 nitrogen and oxygen atoms in total. The largest absolute Gasteiger partial charge is 0.481 e. The molecule has 1 aliphatic rings. The monoisotopic (exact) mass is 444 g/mol. The number of carbonyl (C=O) groups excluding carboxylic acids is 3. The van der Waals surface area contributed by atoms with Crippen LogP contribution in [0, 0.1) is 0 Å². The second-order valence-electron chi connectivity index (χ2n) is 5.92. The van der Waals surface area contributed by atoms with Gasteiger partial charge in [0.1, 0.15) is 11.4 Å². The molecule has 0 bridgehead atoms. The van der Waals surface area contributed by atoms with Crippen LogP contribution in [0.2, 0.25) is 0 Å². The van der Waals surface area contributed by atoms with Crippen molar-refractivity contribution in [3.05, 3.63) is 69.8 Å². The second kappa shape index (κ2) is 8.71. The van der Waals surface area contributed by atoms with Gasteiger partial charge in [0.25, 0.3) is 5.91 Å². The molecule has 0 unspecified atom stereocenters. The van der Waals surface area contributed by atoms with Crippen molar-refractivity contribution in [2.45, 2.75) is 6.54 Å². The van der Waals surface area contributed by atoms with E-state index < -0.39 is 17.9 Å². The third-order valence-corrected chi connectivity index (χ3v) is 4.61. The van der Waals surface area contributed by atoms with Gasteiger partial charge in [-0.15, -0.1) is 0 Å². The molecule has 0 aromatic heterocycles. The summed E-state index contributed by atoms with van der Waals surface area (Å²) in [6.45, 7) is -0.00856. The number of urea groups is 1. The maximum absolute atomic E-state index is 12.6. The number of nitrogens with one attached hydrogen (secondary N) is 1. The van der Waals surface area contributed by atoms with Gasteiger partial charge in [-0.3, -0.25) is 9.69 Å². The number of methoxy groups -OCH3 is 1. The number of ether oxygens (including phenoxy) is 2. The Balaban J connectivity index is 1.73. The number of amides is 3. The zero-order chi connectivity index (χ0) is 20.1. The number of hydrogen-bond acceptors (Lipinski definition) is 5. The molecule has 0 aliphatic carbocycles. The van der Waals surface area contributed by atoms with Crippen LogP contribution >= 0.6 is 15.9 Å². The van der Waals surface area contributed by atoms with E-state index in [2.05, 4.69) is 26.0 Å². The first-order valence-electron chi connectivity index (χ1n) is 8.35. The minimum Gasteiger partial charge on any atom is -0.481 e. The first-order chi connectivity index (χ1) is 13.5. The Morgan fingerprint density at radius 3 is 2.61 bits per heavy atom. The van der Waals surface area contributed by atoms with Crippen molar-refractivity contribution in [1.82, 2.24) is 10.2 Å². The summed E-state index contributed by atoms with van der Waals surface area (Å²) in [7, 11) is 1.28. The summed E-state index contributed by atoms with van der Waals surface area (Å²) < 4.78 is 10.5. The quantitative estimate of drug-likeness (QED) is 0.420. The van der Waals surface area contributed by atoms with Crippen LogP contribution in [-0.2, 0) is 20.9 Å². The van der Waals surface area contributed by atoms with Crippen LogP contribution in [0.4, 0.5) is 4.79 Å². The lowest BCUT2D eigenvalue weighted by molar-refractivity contribution is -0.142. The minimum absolute atomic E-state index is 0.191. The summed E-state index contributed by atoms with van der Waals surface area (Å²) in [5.74, 6) is -0.424. The molecule has 28 heavy (non-hydrogen) atoms. The van der Waals surface area contributed by atoms with E-state index in [9.17, 15) is 14.4 Å². The standard InChI is InChI=1S/C20H17BrN2O5/c1-27-18(24)12-28-17-8-7-14(9-15(17)21)10-16-19(25)23(20(26)22-16)11-13-5-3-2-4-6-13/h2-10H,11-12H2,1H3,(H,22,26)/b16-10+. The third kappa shape index (κ3) is 4.58. The van der Waals surface area contributed by atoms with E-state index in [-0.39, 0.29) is 18.8 Å². The summed E-state index contributed by atoms with van der Waals surface area (Å²) in [5, 5.41) is 2.60. The van der Waals surface area contributed by atoms with E-state index in [1.54, 1.807) is 24.3 Å². The average molecular weight is 445 g/mol. The molecule has 0 spiro atoms. The maximum Gasteiger partial charge on any atom is 0.343 e. The highest BCUT2D eigenvalue weighted by molar-refractivity contribution is 9.10. The van der Waals surface area contributed by atoms with E-state index in [1.165, 1.54) is 7.11 Å². The fourth-order valence-corrected chi connectivity index (χ4v) is 3.08. The fourth-order valence-electron chi connectivity index (χ4n) is 2.57. The van der Waals surface area contributed by atoms with Gasteiger partial charge in [-0.05, 0) is 45.3 Å². The van der Waals surface area contributed by atoms with Crippen LogP contribution in [0.3, 0.4) is 0 Å². The normalized spacial score (nSPS) is 14.9. The molecule has 1 saturated heterocycles. The van der Waals surface area contributed by atoms with Gasteiger partial charge in [-0.2, -0.15) is 0 Å². The molecule has 1 N–H and O–H groups in total. The third-order valence-electron chi connectivity index (χ3n) is 3.99. The molecule has 0 saturated carbocycles. The number of benzene rings is 2. The highest BCUT2D eigenvalue weighted by Crippen LogP contribution is 2.27. The lowest BCUT2D eigenvalue weighted by atomic mass is 10.1. The lowest BCUT2D eigenvalue weighted by Gasteiger charge is -2.11. The fraction of sp³-hybridized carbons (Fsp3) is 0.150. The zero-order valence-corrected chi connectivity index (χ0v) is 16.6. The van der Waals surface area contributed by atoms with E-state index in [0.29, 0.717) is 15.8 Å². The number of imide groups is 1. The van der Waals surface area contributed by atoms with Crippen molar-refractivity contribution in [2.24, 2.45) is 0 Å². The van der Waals surface area contributed by atoms with Gasteiger partial charge < -0.3 is 14.8 Å². The first kappa shape index (κ1) is 19.6. The predicted octanol–water partition coefficient (Wildman–Crippen LogP) is 3.09. The van der Waals surface area contributed by atoms with Crippen LogP contribution in [0.15, 0.2) is 58.7 Å². The highest BCUT2D eigenvalue weighted by atomic mass is 79.9. The molecule has 1 heterocycles. The SMILES string of the molecule is COC(=O)COc1ccc(/C=C2/NC(=O)N(Cc3ccccc3)C2=O)cc1Br. The Kier molecular flexibility index (Phi) is 6.10. The van der Waals surface area contributed by atoms with Crippen LogP contribution in [0.25, 0.3) is 6.08 Å². The van der Waals surface area contributed by atoms with E-state index in [1.807, 2.05) is 30.3 Å². The van der Waals surface area contributed by atoms with Gasteiger partial charge in [0, 0.05) is 0 Å². The highest BCUT2D eigenvalue weighted by Gasteiger charge is 2.33. The number of hydrogen-bond donors (Lipinski definition) is 1. The molecule has 1 fully saturated rings. The molecular weight excluding hydrogens is 428 g/mol. The smallest absolute Gasteiger partial charge is 0.343 e. The second-order valence-corrected chi connectivity index (χ2v) is 6.77. The molecule has 144 valence electrons. The van der Waals surface area contributed by atoms with Crippen molar-refractivity contribution in [2.75, 3.05) is 13.7 Å². The first-order valence-corrected chi connectivity index (χ1v) is 9.15. The van der Waals surface area contributed by atoms with Crippen LogP contribution in [0.1, 0.15) is 11.1 Å². The molecule has 0 radical (unpaired) electrons. The van der Waals surface area contributed by atoms with Crippen molar-refractivity contribution in [3.8, 4) is 5.75 Å². The number of esters is 1. The molecule has 3 amide bonds. The molecule has 2 aromatic carbocycles. The Hall–Kier alpha value is -3.13. The van der Waals surface area contributed by atoms with Gasteiger partial charge in [-0.25, -0.2) is 9.59 Å². The van der Waals surface area contributed by atoms with Crippen molar-refractivity contribution >= 4 is 39.9 Å². The number of carbonyl (C=O) groups is 3. The Morgan fingerprint density at radius 1 is 1.18 bits per heavy atom. The Bertz CT molecular complexity index is 943. The van der Waals surface area contributed by atoms with Gasteiger partial charge in [0.15, 0.2) is 6.61 Å². The molecule has 3 rings (SSSR count). The number of nitrogens with zero attached hydrogens (tertiary/aromatic N) is 1. The van der Waals surface area contributed by atoms with Crippen molar-refractivity contribution in [1.29, 1.82) is 0 Å². The number of halogens is 1. The van der Waals surface area contributed by atoms with E-state index in [0.717, 1.165) is 10.5 Å². The molecule has 0 atom stereocenters. The van der Waals surface area contributed by atoms with Crippen molar-refractivity contribution in [3.63, 3.8) is 0 Å². The molecule has 8 heteroatoms. The van der Waals surface area contributed by atoms with Gasteiger partial charge in [0.2, 0.25) is 0 Å². The molecule has 2 aromatic rings. The number of rotatable bonds is 6. The van der Waals surface area contributed by atoms with Gasteiger partial charge in [0.05, 0.1) is 18.1 Å². The summed E-state index contributed by atoms with van der Waals surface area (Å²) in [4.78, 5) is 37.1. The Morgan fingerprint density at radius 2 is 1.93 bits per heavy atom. The van der Waals surface area contributed by atoms with Gasteiger partial charge in [-0.1, -0.05) is 36.4 Å². The van der Waals surface area contributed by atoms with Gasteiger partial charge >= 0.3 is 12.0 Å². The lowest BCUT2D eigenvalue weighted by Crippen LogP contribution is -2.30. The van der Waals surface area contributed by atoms with Crippen LogP contribution < -0.4 is 10.1 Å². The average Bonchev–Trinajstić information content (AvgIpc) is 2.95. The Labute approximate surface area is 170 Å². The maximum atomic E-state index is 12.6. The zero-order valence-electron chi connectivity index (χ0n) is 15.0. The van der Waals surface area contributed by atoms with Crippen LogP contribution in [-0.4, -0.2) is 36.5 Å². The predicted molar refractivity (Wildman–Crippen MR) is 105 cm³/mol. The minimum atomic E-state index is -0.490. The van der Waals surface area contributed by atoms with Crippen LogP contribution in [0.5, 0.6) is 5.75 Å². The summed E-state index contributed by atoms with van der Waals surface area (Å²) >= 11 is 3.36.